The Bertz CT molecular complexity index is 1000. The van der Waals surface area contributed by atoms with E-state index in [1.807, 2.05) is 66.7 Å². The zero-order valence-electron chi connectivity index (χ0n) is 19.0. The average Bonchev–Trinajstić information content (AvgIpc) is 2.88. The van der Waals surface area contributed by atoms with Gasteiger partial charge in [-0.1, -0.05) is 67.1 Å². The molecule has 1 aliphatic heterocycles. The van der Waals surface area contributed by atoms with E-state index in [4.69, 9.17) is 9.47 Å². The quantitative estimate of drug-likeness (QED) is 0.475. The summed E-state index contributed by atoms with van der Waals surface area (Å²) in [6.45, 7) is 4.63. The molecule has 3 aromatic rings. The third kappa shape index (κ3) is 7.09. The van der Waals surface area contributed by atoms with Gasteiger partial charge in [0.1, 0.15) is 13.2 Å². The van der Waals surface area contributed by atoms with Crippen LogP contribution < -0.4 is 14.8 Å². The van der Waals surface area contributed by atoms with E-state index in [1.165, 1.54) is 19.3 Å². The van der Waals surface area contributed by atoms with Crippen LogP contribution >= 0.6 is 0 Å². The van der Waals surface area contributed by atoms with Gasteiger partial charge < -0.3 is 19.7 Å². The Labute approximate surface area is 196 Å². The van der Waals surface area contributed by atoms with E-state index in [0.717, 1.165) is 30.8 Å². The molecule has 33 heavy (non-hydrogen) atoms. The summed E-state index contributed by atoms with van der Waals surface area (Å²) >= 11 is 0. The van der Waals surface area contributed by atoms with Crippen molar-refractivity contribution in [1.82, 2.24) is 10.2 Å². The Morgan fingerprint density at radius 2 is 1.36 bits per heavy atom. The summed E-state index contributed by atoms with van der Waals surface area (Å²) in [4.78, 5) is 15.2. The van der Waals surface area contributed by atoms with E-state index in [1.54, 1.807) is 12.1 Å². The van der Waals surface area contributed by atoms with Gasteiger partial charge in [-0.25, -0.2) is 0 Å². The maximum atomic E-state index is 12.8. The summed E-state index contributed by atoms with van der Waals surface area (Å²) in [7, 11) is 0. The molecule has 1 N–H and O–H groups in total. The van der Waals surface area contributed by atoms with Crippen LogP contribution in [0.1, 0.15) is 40.7 Å². The molecule has 0 radical (unpaired) electrons. The van der Waals surface area contributed by atoms with Crippen LogP contribution in [0.3, 0.4) is 0 Å². The zero-order valence-corrected chi connectivity index (χ0v) is 19.0. The lowest BCUT2D eigenvalue weighted by Gasteiger charge is -2.26. The number of nitrogens with zero attached hydrogens (tertiary/aromatic N) is 1. The van der Waals surface area contributed by atoms with Crippen LogP contribution in [-0.4, -0.2) is 37.0 Å². The van der Waals surface area contributed by atoms with Gasteiger partial charge in [-0.05, 0) is 55.3 Å². The van der Waals surface area contributed by atoms with Crippen LogP contribution in [0.5, 0.6) is 11.5 Å². The highest BCUT2D eigenvalue weighted by atomic mass is 16.5. The van der Waals surface area contributed by atoms with Crippen LogP contribution in [0.4, 0.5) is 0 Å². The molecule has 0 atom stereocenters. The number of likely N-dealkylation sites (tertiary alicyclic amines) is 1. The first-order valence-corrected chi connectivity index (χ1v) is 11.8. The van der Waals surface area contributed by atoms with Crippen LogP contribution in [0.15, 0.2) is 78.9 Å². The summed E-state index contributed by atoms with van der Waals surface area (Å²) in [5.74, 6) is 1.10. The van der Waals surface area contributed by atoms with Gasteiger partial charge in [-0.3, -0.25) is 4.79 Å². The minimum atomic E-state index is -0.0915. The first-order chi connectivity index (χ1) is 16.3. The largest absolute Gasteiger partial charge is 0.485 e. The van der Waals surface area contributed by atoms with E-state index in [-0.39, 0.29) is 5.91 Å². The first-order valence-electron chi connectivity index (χ1n) is 11.8. The molecule has 0 unspecified atom stereocenters. The minimum absolute atomic E-state index is 0.0915. The molecular formula is C28H32N2O3. The van der Waals surface area contributed by atoms with E-state index >= 15 is 0 Å². The highest BCUT2D eigenvalue weighted by Crippen LogP contribution is 2.30. The van der Waals surface area contributed by atoms with Crippen molar-refractivity contribution in [3.8, 4) is 11.5 Å². The van der Waals surface area contributed by atoms with Gasteiger partial charge in [0.05, 0.1) is 0 Å². The maximum Gasteiger partial charge on any atom is 0.251 e. The molecule has 3 aromatic carbocycles. The lowest BCUT2D eigenvalue weighted by Crippen LogP contribution is -2.37. The standard InChI is InChI=1S/C28H32N2O3/c31-28(29-16-19-30-17-8-3-9-18-30)25-14-15-26(32-21-23-10-4-1-5-11-23)27(20-25)33-22-24-12-6-2-7-13-24/h1-2,4-7,10-15,20H,3,8-9,16-19,21-22H2,(H,29,31). The fourth-order valence-electron chi connectivity index (χ4n) is 3.96. The minimum Gasteiger partial charge on any atom is -0.485 e. The SMILES string of the molecule is O=C(NCCN1CCCCC1)c1ccc(OCc2ccccc2)c(OCc2ccccc2)c1. The number of ether oxygens (including phenoxy) is 2. The van der Waals surface area contributed by atoms with E-state index in [9.17, 15) is 4.79 Å². The Morgan fingerprint density at radius 3 is 2.00 bits per heavy atom. The molecule has 0 bridgehead atoms. The monoisotopic (exact) mass is 444 g/mol. The second-order valence-electron chi connectivity index (χ2n) is 8.37. The second kappa shape index (κ2) is 12.1. The summed E-state index contributed by atoms with van der Waals surface area (Å²) in [5.41, 5.74) is 2.71. The molecule has 0 aliphatic carbocycles. The topological polar surface area (TPSA) is 50.8 Å². The van der Waals surface area contributed by atoms with Crippen LogP contribution in [0.25, 0.3) is 0 Å². The van der Waals surface area contributed by atoms with E-state index in [0.29, 0.717) is 36.8 Å². The van der Waals surface area contributed by atoms with Crippen LogP contribution in [0, 0.1) is 0 Å². The number of benzene rings is 3. The summed E-state index contributed by atoms with van der Waals surface area (Å²) in [6.07, 6.45) is 3.81. The lowest BCUT2D eigenvalue weighted by molar-refractivity contribution is 0.0946. The molecule has 1 amide bonds. The summed E-state index contributed by atoms with van der Waals surface area (Å²) in [6, 6.07) is 25.4. The molecular weight excluding hydrogens is 412 g/mol. The van der Waals surface area contributed by atoms with Gasteiger partial charge in [0.15, 0.2) is 11.5 Å². The van der Waals surface area contributed by atoms with Crippen molar-refractivity contribution < 1.29 is 14.3 Å². The normalized spacial score (nSPS) is 13.9. The molecule has 1 fully saturated rings. The number of piperidine rings is 1. The molecule has 0 spiro atoms. The third-order valence-corrected chi connectivity index (χ3v) is 5.84. The van der Waals surface area contributed by atoms with Crippen LogP contribution in [0.2, 0.25) is 0 Å². The fraction of sp³-hybridized carbons (Fsp3) is 0.321. The Hall–Kier alpha value is -3.31. The number of rotatable bonds is 10. The van der Waals surface area contributed by atoms with E-state index < -0.39 is 0 Å². The second-order valence-corrected chi connectivity index (χ2v) is 8.37. The molecule has 172 valence electrons. The summed E-state index contributed by atoms with van der Waals surface area (Å²) < 4.78 is 12.1. The molecule has 1 aliphatic rings. The van der Waals surface area contributed by atoms with E-state index in [2.05, 4.69) is 10.2 Å². The van der Waals surface area contributed by atoms with Crippen molar-refractivity contribution in [1.29, 1.82) is 0 Å². The van der Waals surface area contributed by atoms with Gasteiger partial charge in [0, 0.05) is 18.7 Å². The summed E-state index contributed by atoms with van der Waals surface area (Å²) in [5, 5.41) is 3.05. The average molecular weight is 445 g/mol. The van der Waals surface area contributed by atoms with Gasteiger partial charge in [0.25, 0.3) is 5.91 Å². The highest BCUT2D eigenvalue weighted by molar-refractivity contribution is 5.94. The fourth-order valence-corrected chi connectivity index (χ4v) is 3.96. The van der Waals surface area contributed by atoms with Gasteiger partial charge in [-0.2, -0.15) is 0 Å². The van der Waals surface area contributed by atoms with Crippen molar-refractivity contribution in [2.75, 3.05) is 26.2 Å². The first kappa shape index (κ1) is 22.9. The zero-order chi connectivity index (χ0) is 22.7. The molecule has 0 saturated carbocycles. The van der Waals surface area contributed by atoms with Crippen LogP contribution in [-0.2, 0) is 13.2 Å². The molecule has 5 heteroatoms. The number of hydrogen-bond acceptors (Lipinski definition) is 4. The third-order valence-electron chi connectivity index (χ3n) is 5.84. The molecule has 5 nitrogen and oxygen atoms in total. The predicted molar refractivity (Wildman–Crippen MR) is 131 cm³/mol. The molecule has 1 saturated heterocycles. The number of carbonyl (C=O) groups excluding carboxylic acids is 1. The highest BCUT2D eigenvalue weighted by Gasteiger charge is 2.14. The lowest BCUT2D eigenvalue weighted by atomic mass is 10.1. The van der Waals surface area contributed by atoms with Crippen molar-refractivity contribution in [2.24, 2.45) is 0 Å². The smallest absolute Gasteiger partial charge is 0.251 e. The van der Waals surface area contributed by atoms with Gasteiger partial charge in [0.2, 0.25) is 0 Å². The Kier molecular flexibility index (Phi) is 8.36. The van der Waals surface area contributed by atoms with Crippen molar-refractivity contribution in [3.63, 3.8) is 0 Å². The number of amides is 1. The Morgan fingerprint density at radius 1 is 0.758 bits per heavy atom. The number of nitrogens with one attached hydrogen (secondary N) is 1. The Balaban J connectivity index is 1.41. The molecule has 0 aromatic heterocycles. The number of carbonyl (C=O) groups is 1. The van der Waals surface area contributed by atoms with Gasteiger partial charge >= 0.3 is 0 Å². The van der Waals surface area contributed by atoms with Crippen molar-refractivity contribution in [3.05, 3.63) is 95.6 Å². The molecule has 1 heterocycles. The van der Waals surface area contributed by atoms with Crippen molar-refractivity contribution >= 4 is 5.91 Å². The van der Waals surface area contributed by atoms with Gasteiger partial charge in [-0.15, -0.1) is 0 Å². The molecule has 4 rings (SSSR count). The van der Waals surface area contributed by atoms with Crippen molar-refractivity contribution in [2.45, 2.75) is 32.5 Å². The maximum absolute atomic E-state index is 12.8. The predicted octanol–water partition coefficient (Wildman–Crippen LogP) is 5.06. The number of hydrogen-bond donors (Lipinski definition) is 1.